The third kappa shape index (κ3) is 5.68. The molecule has 0 aromatic heterocycles. The summed E-state index contributed by atoms with van der Waals surface area (Å²) in [7, 11) is 0. The molecule has 2 atom stereocenters. The van der Waals surface area contributed by atoms with Gasteiger partial charge in [0.05, 0.1) is 11.6 Å². The van der Waals surface area contributed by atoms with Gasteiger partial charge in [-0.1, -0.05) is 64.0 Å². The van der Waals surface area contributed by atoms with Gasteiger partial charge in [0, 0.05) is 17.4 Å². The summed E-state index contributed by atoms with van der Waals surface area (Å²) in [6, 6.07) is 16.7. The lowest BCUT2D eigenvalue weighted by Gasteiger charge is -2.33. The predicted octanol–water partition coefficient (Wildman–Crippen LogP) is 5.73. The minimum absolute atomic E-state index is 0.214. The fourth-order valence-corrected chi connectivity index (χ4v) is 3.53. The highest BCUT2D eigenvalue weighted by molar-refractivity contribution is 9.10. The van der Waals surface area contributed by atoms with E-state index in [2.05, 4.69) is 22.5 Å². The number of carbonyl (C=O) groups is 1. The first-order chi connectivity index (χ1) is 12.7. The van der Waals surface area contributed by atoms with Crippen molar-refractivity contribution in [2.24, 2.45) is 0 Å². The molecular weight excluding hydrogens is 406 g/mol. The molecule has 0 spiro atoms. The topological polar surface area (TPSA) is 60.8 Å². The molecule has 0 saturated carbocycles. The number of carboxylic acid groups (broad SMARTS) is 1. The van der Waals surface area contributed by atoms with Crippen LogP contribution in [0.5, 0.6) is 0 Å². The molecule has 2 rings (SSSR count). The maximum Gasteiger partial charge on any atom is 0.407 e. The molecule has 1 amide bonds. The molecule has 0 fully saturated rings. The van der Waals surface area contributed by atoms with E-state index in [1.54, 1.807) is 0 Å². The van der Waals surface area contributed by atoms with Crippen LogP contribution in [0, 0.1) is 0 Å². The van der Waals surface area contributed by atoms with E-state index < -0.39 is 11.7 Å². The van der Waals surface area contributed by atoms with Crippen LogP contribution in [0.15, 0.2) is 71.2 Å². The zero-order valence-corrected chi connectivity index (χ0v) is 17.3. The maximum absolute atomic E-state index is 11.9. The largest absolute Gasteiger partial charge is 0.465 e. The van der Waals surface area contributed by atoms with E-state index >= 15 is 0 Å². The Morgan fingerprint density at radius 1 is 1.19 bits per heavy atom. The highest BCUT2D eigenvalue weighted by Crippen LogP contribution is 2.33. The molecule has 27 heavy (non-hydrogen) atoms. The summed E-state index contributed by atoms with van der Waals surface area (Å²) in [6.07, 6.45) is -0.329. The second-order valence-corrected chi connectivity index (χ2v) is 7.90. The van der Waals surface area contributed by atoms with Crippen molar-refractivity contribution in [2.45, 2.75) is 38.3 Å². The molecule has 0 radical (unpaired) electrons. The van der Waals surface area contributed by atoms with E-state index in [1.165, 1.54) is 4.90 Å². The molecule has 0 aliphatic rings. The Balaban J connectivity index is 2.22. The Bertz CT molecular complexity index is 776. The van der Waals surface area contributed by atoms with Gasteiger partial charge in [0.2, 0.25) is 0 Å². The molecule has 0 aliphatic heterocycles. The van der Waals surface area contributed by atoms with Crippen LogP contribution in [-0.4, -0.2) is 27.8 Å². The Morgan fingerprint density at radius 2 is 1.78 bits per heavy atom. The van der Waals surface area contributed by atoms with Gasteiger partial charge in [-0.05, 0) is 43.5 Å². The minimum Gasteiger partial charge on any atom is -0.465 e. The number of hydrogen-bond acceptors (Lipinski definition) is 2. The number of aliphatic hydroxyl groups is 1. The van der Waals surface area contributed by atoms with Crippen molar-refractivity contribution in [3.05, 3.63) is 82.3 Å². The van der Waals surface area contributed by atoms with E-state index in [-0.39, 0.29) is 19.0 Å². The summed E-state index contributed by atoms with van der Waals surface area (Å²) in [6.45, 7) is 7.87. The average molecular weight is 432 g/mol. The van der Waals surface area contributed by atoms with Gasteiger partial charge in [0.25, 0.3) is 0 Å². The monoisotopic (exact) mass is 431 g/mol. The second-order valence-electron chi connectivity index (χ2n) is 6.98. The van der Waals surface area contributed by atoms with Gasteiger partial charge in [-0.15, -0.1) is 6.58 Å². The summed E-state index contributed by atoms with van der Waals surface area (Å²) in [5.74, 6) is 0. The SMILES string of the molecule is C=C(C)CC(O)(CCN(C(=O)O)[C@@H](C)c1ccc(Br)cc1)c1ccccc1. The van der Waals surface area contributed by atoms with Crippen molar-refractivity contribution >= 4 is 22.0 Å². The summed E-state index contributed by atoms with van der Waals surface area (Å²) >= 11 is 3.39. The van der Waals surface area contributed by atoms with Gasteiger partial charge in [-0.25, -0.2) is 4.79 Å². The molecule has 0 bridgehead atoms. The number of amides is 1. The third-order valence-electron chi connectivity index (χ3n) is 4.74. The maximum atomic E-state index is 11.9. The average Bonchev–Trinajstić information content (AvgIpc) is 2.62. The molecule has 2 aromatic rings. The van der Waals surface area contributed by atoms with Gasteiger partial charge >= 0.3 is 6.09 Å². The van der Waals surface area contributed by atoms with E-state index in [1.807, 2.05) is 68.4 Å². The van der Waals surface area contributed by atoms with Gasteiger partial charge in [-0.3, -0.25) is 0 Å². The number of nitrogens with zero attached hydrogens (tertiary/aromatic N) is 1. The van der Waals surface area contributed by atoms with Crippen molar-refractivity contribution in [3.63, 3.8) is 0 Å². The summed E-state index contributed by atoms with van der Waals surface area (Å²) in [5, 5.41) is 21.0. The molecular formula is C22H26BrNO3. The van der Waals surface area contributed by atoms with E-state index in [0.717, 1.165) is 21.2 Å². The molecule has 0 aliphatic carbocycles. The molecule has 2 aromatic carbocycles. The second kappa shape index (κ2) is 9.20. The van der Waals surface area contributed by atoms with Crippen LogP contribution >= 0.6 is 15.9 Å². The Morgan fingerprint density at radius 3 is 2.30 bits per heavy atom. The summed E-state index contributed by atoms with van der Waals surface area (Å²) < 4.78 is 0.945. The Kier molecular flexibility index (Phi) is 7.22. The van der Waals surface area contributed by atoms with Crippen molar-refractivity contribution < 1.29 is 15.0 Å². The lowest BCUT2D eigenvalue weighted by atomic mass is 9.84. The van der Waals surface area contributed by atoms with Gasteiger partial charge in [-0.2, -0.15) is 0 Å². The van der Waals surface area contributed by atoms with Crippen molar-refractivity contribution in [1.82, 2.24) is 4.90 Å². The molecule has 1 unspecified atom stereocenters. The van der Waals surface area contributed by atoms with Crippen molar-refractivity contribution in [3.8, 4) is 0 Å². The van der Waals surface area contributed by atoms with Crippen LogP contribution in [0.2, 0.25) is 0 Å². The van der Waals surface area contributed by atoms with Crippen LogP contribution in [-0.2, 0) is 5.60 Å². The Labute approximate surface area is 169 Å². The standard InChI is InChI=1S/C22H26BrNO3/c1-16(2)15-22(27,19-7-5-4-6-8-19)13-14-24(21(25)26)17(3)18-9-11-20(23)12-10-18/h4-12,17,27H,1,13-15H2,2-3H3,(H,25,26)/t17-,22?/m0/s1. The smallest absolute Gasteiger partial charge is 0.407 e. The summed E-state index contributed by atoms with van der Waals surface area (Å²) in [4.78, 5) is 13.2. The fraction of sp³-hybridized carbons (Fsp3) is 0.318. The molecule has 4 nitrogen and oxygen atoms in total. The number of benzene rings is 2. The normalized spacial score (nSPS) is 14.2. The number of halogens is 1. The molecule has 144 valence electrons. The van der Waals surface area contributed by atoms with Crippen LogP contribution in [0.1, 0.15) is 43.9 Å². The zero-order chi connectivity index (χ0) is 20.0. The molecule has 0 saturated heterocycles. The van der Waals surface area contributed by atoms with Crippen LogP contribution in [0.3, 0.4) is 0 Å². The van der Waals surface area contributed by atoms with Crippen molar-refractivity contribution in [2.75, 3.05) is 6.54 Å². The van der Waals surface area contributed by atoms with Gasteiger partial charge in [0.1, 0.15) is 0 Å². The van der Waals surface area contributed by atoms with E-state index in [0.29, 0.717) is 6.42 Å². The number of hydrogen-bond donors (Lipinski definition) is 2. The molecule has 2 N–H and O–H groups in total. The highest BCUT2D eigenvalue weighted by atomic mass is 79.9. The first-order valence-corrected chi connectivity index (χ1v) is 9.69. The third-order valence-corrected chi connectivity index (χ3v) is 5.27. The van der Waals surface area contributed by atoms with Gasteiger partial charge in [0.15, 0.2) is 0 Å². The Hall–Kier alpha value is -2.11. The first kappa shape index (κ1) is 21.2. The summed E-state index contributed by atoms with van der Waals surface area (Å²) in [5.41, 5.74) is 1.38. The lowest BCUT2D eigenvalue weighted by molar-refractivity contribution is 0.0151. The number of rotatable bonds is 8. The van der Waals surface area contributed by atoms with Gasteiger partial charge < -0.3 is 15.1 Å². The molecule has 0 heterocycles. The lowest BCUT2D eigenvalue weighted by Crippen LogP contribution is -2.38. The van der Waals surface area contributed by atoms with E-state index in [9.17, 15) is 15.0 Å². The zero-order valence-electron chi connectivity index (χ0n) is 15.7. The first-order valence-electron chi connectivity index (χ1n) is 8.90. The quantitative estimate of drug-likeness (QED) is 0.524. The highest BCUT2D eigenvalue weighted by Gasteiger charge is 2.32. The van der Waals surface area contributed by atoms with Crippen LogP contribution in [0.4, 0.5) is 4.79 Å². The molecule has 5 heteroatoms. The van der Waals surface area contributed by atoms with Crippen LogP contribution in [0.25, 0.3) is 0 Å². The van der Waals surface area contributed by atoms with Crippen LogP contribution < -0.4 is 0 Å². The predicted molar refractivity (Wildman–Crippen MR) is 112 cm³/mol. The minimum atomic E-state index is -1.15. The van der Waals surface area contributed by atoms with E-state index in [4.69, 9.17) is 0 Å². The fourth-order valence-electron chi connectivity index (χ4n) is 3.26. The van der Waals surface area contributed by atoms with Crippen molar-refractivity contribution in [1.29, 1.82) is 0 Å².